The number of aryl methyl sites for hydroxylation is 1. The quantitative estimate of drug-likeness (QED) is 0.867. The lowest BCUT2D eigenvalue weighted by atomic mass is 10.0. The van der Waals surface area contributed by atoms with E-state index in [1.807, 2.05) is 6.92 Å². The van der Waals surface area contributed by atoms with Crippen LogP contribution in [0.3, 0.4) is 0 Å². The minimum Gasteiger partial charge on any atom is -0.490 e. The predicted molar refractivity (Wildman–Crippen MR) is 94.8 cm³/mol. The predicted octanol–water partition coefficient (Wildman–Crippen LogP) is 3.70. The molecule has 1 saturated heterocycles. The van der Waals surface area contributed by atoms with Gasteiger partial charge in [0.05, 0.1) is 12.3 Å². The van der Waals surface area contributed by atoms with Gasteiger partial charge < -0.3 is 19.7 Å². The van der Waals surface area contributed by atoms with E-state index in [-0.39, 0.29) is 0 Å². The fraction of sp³-hybridized carbons (Fsp3) is 0.684. The van der Waals surface area contributed by atoms with Crippen molar-refractivity contribution in [2.75, 3.05) is 38.2 Å². The summed E-state index contributed by atoms with van der Waals surface area (Å²) in [5, 5.41) is 3.43. The molecule has 1 atom stereocenters. The number of nitrogens with one attached hydrogen (secondary N) is 1. The van der Waals surface area contributed by atoms with Gasteiger partial charge in [0.1, 0.15) is 6.61 Å². The highest BCUT2D eigenvalue weighted by Gasteiger charge is 2.19. The first-order valence-corrected chi connectivity index (χ1v) is 9.18. The van der Waals surface area contributed by atoms with Crippen LogP contribution in [-0.4, -0.2) is 43.8 Å². The Kier molecular flexibility index (Phi) is 5.65. The van der Waals surface area contributed by atoms with Crippen LogP contribution in [0.5, 0.6) is 11.5 Å². The van der Waals surface area contributed by atoms with Crippen LogP contribution in [0.1, 0.15) is 45.1 Å². The second-order valence-electron chi connectivity index (χ2n) is 6.66. The number of benzene rings is 1. The minimum atomic E-state index is 0.671. The van der Waals surface area contributed by atoms with Gasteiger partial charge in [-0.1, -0.05) is 6.42 Å². The van der Waals surface area contributed by atoms with Crippen LogP contribution in [0, 0.1) is 0 Å². The van der Waals surface area contributed by atoms with Crippen molar-refractivity contribution in [1.82, 2.24) is 4.90 Å². The number of ether oxygens (including phenoxy) is 2. The zero-order valence-corrected chi connectivity index (χ0v) is 14.6. The second-order valence-corrected chi connectivity index (χ2v) is 6.66. The van der Waals surface area contributed by atoms with Gasteiger partial charge in [0.25, 0.3) is 0 Å². The number of likely N-dealkylation sites (tertiary alicyclic amines) is 1. The van der Waals surface area contributed by atoms with Gasteiger partial charge in [0.15, 0.2) is 11.5 Å². The molecule has 0 amide bonds. The number of rotatable bonds is 6. The molecule has 2 aliphatic heterocycles. The molecular formula is C19H30N2O2. The third-order valence-electron chi connectivity index (χ3n) is 4.93. The molecule has 0 aromatic heterocycles. The summed E-state index contributed by atoms with van der Waals surface area (Å²) in [6, 6.07) is 5.15. The maximum absolute atomic E-state index is 5.78. The summed E-state index contributed by atoms with van der Waals surface area (Å²) in [5.41, 5.74) is 2.43. The number of fused-ring (bicyclic) bond motifs is 1. The Balaban J connectivity index is 1.62. The molecule has 0 aliphatic carbocycles. The molecule has 1 unspecified atom stereocenters. The van der Waals surface area contributed by atoms with Gasteiger partial charge in [-0.25, -0.2) is 0 Å². The fourth-order valence-electron chi connectivity index (χ4n) is 3.66. The van der Waals surface area contributed by atoms with E-state index in [0.717, 1.165) is 36.2 Å². The highest BCUT2D eigenvalue weighted by Crippen LogP contribution is 2.39. The van der Waals surface area contributed by atoms with E-state index in [1.54, 1.807) is 0 Å². The van der Waals surface area contributed by atoms with Crippen molar-refractivity contribution in [3.05, 3.63) is 17.7 Å². The van der Waals surface area contributed by atoms with Crippen LogP contribution < -0.4 is 14.8 Å². The number of nitrogens with zero attached hydrogens (tertiary/aromatic N) is 1. The third-order valence-corrected chi connectivity index (χ3v) is 4.93. The van der Waals surface area contributed by atoms with Crippen LogP contribution in [0.4, 0.5) is 5.69 Å². The Hall–Kier alpha value is -1.42. The SMILES string of the molecule is CCOc1cc(CCCN2CCCCC2C)cc2c1OCCN2. The van der Waals surface area contributed by atoms with Crippen molar-refractivity contribution >= 4 is 5.69 Å². The molecule has 2 aliphatic rings. The first-order chi connectivity index (χ1) is 11.3. The number of piperidine rings is 1. The highest BCUT2D eigenvalue weighted by atomic mass is 16.5. The number of hydrogen-bond donors (Lipinski definition) is 1. The summed E-state index contributed by atoms with van der Waals surface area (Å²) >= 11 is 0. The highest BCUT2D eigenvalue weighted by molar-refractivity contribution is 5.66. The van der Waals surface area contributed by atoms with Crippen molar-refractivity contribution in [2.24, 2.45) is 0 Å². The van der Waals surface area contributed by atoms with Crippen molar-refractivity contribution in [1.29, 1.82) is 0 Å². The van der Waals surface area contributed by atoms with E-state index >= 15 is 0 Å². The smallest absolute Gasteiger partial charge is 0.184 e. The van der Waals surface area contributed by atoms with Gasteiger partial charge in [-0.2, -0.15) is 0 Å². The topological polar surface area (TPSA) is 33.7 Å². The van der Waals surface area contributed by atoms with Gasteiger partial charge in [0.2, 0.25) is 0 Å². The normalized spacial score (nSPS) is 21.2. The molecule has 1 fully saturated rings. The van der Waals surface area contributed by atoms with E-state index < -0.39 is 0 Å². The van der Waals surface area contributed by atoms with Crippen LogP contribution >= 0.6 is 0 Å². The van der Waals surface area contributed by atoms with E-state index in [4.69, 9.17) is 9.47 Å². The summed E-state index contributed by atoms with van der Waals surface area (Å²) in [4.78, 5) is 2.65. The minimum absolute atomic E-state index is 0.671. The Bertz CT molecular complexity index is 518. The van der Waals surface area contributed by atoms with E-state index in [0.29, 0.717) is 13.2 Å². The molecule has 4 heteroatoms. The summed E-state index contributed by atoms with van der Waals surface area (Å²) in [7, 11) is 0. The van der Waals surface area contributed by atoms with E-state index in [9.17, 15) is 0 Å². The Morgan fingerprint density at radius 1 is 1.35 bits per heavy atom. The van der Waals surface area contributed by atoms with Gasteiger partial charge in [-0.3, -0.25) is 0 Å². The molecule has 128 valence electrons. The van der Waals surface area contributed by atoms with Crippen molar-refractivity contribution in [2.45, 2.75) is 52.0 Å². The molecule has 2 heterocycles. The van der Waals surface area contributed by atoms with Crippen LogP contribution in [0.25, 0.3) is 0 Å². The molecule has 0 spiro atoms. The standard InChI is InChI=1S/C19H30N2O2/c1-3-22-18-14-16(13-17-19(18)23-12-9-20-17)8-6-11-21-10-5-4-7-15(21)2/h13-15,20H,3-12H2,1-2H3. The van der Waals surface area contributed by atoms with Gasteiger partial charge in [0, 0.05) is 12.6 Å². The average molecular weight is 318 g/mol. The molecule has 0 saturated carbocycles. The van der Waals surface area contributed by atoms with Gasteiger partial charge >= 0.3 is 0 Å². The van der Waals surface area contributed by atoms with E-state index in [2.05, 4.69) is 29.3 Å². The lowest BCUT2D eigenvalue weighted by Gasteiger charge is -2.33. The molecule has 0 radical (unpaired) electrons. The van der Waals surface area contributed by atoms with Crippen molar-refractivity contribution in [3.63, 3.8) is 0 Å². The largest absolute Gasteiger partial charge is 0.490 e. The first kappa shape index (κ1) is 16.4. The molecule has 23 heavy (non-hydrogen) atoms. The monoisotopic (exact) mass is 318 g/mol. The summed E-state index contributed by atoms with van der Waals surface area (Å²) < 4.78 is 11.6. The molecule has 4 nitrogen and oxygen atoms in total. The molecule has 0 bridgehead atoms. The second kappa shape index (κ2) is 7.91. The lowest BCUT2D eigenvalue weighted by molar-refractivity contribution is 0.159. The zero-order valence-electron chi connectivity index (χ0n) is 14.6. The number of anilines is 1. The number of hydrogen-bond acceptors (Lipinski definition) is 4. The maximum Gasteiger partial charge on any atom is 0.184 e. The molecule has 1 aromatic rings. The van der Waals surface area contributed by atoms with E-state index in [1.165, 1.54) is 44.3 Å². The van der Waals surface area contributed by atoms with Crippen LogP contribution in [-0.2, 0) is 6.42 Å². The Morgan fingerprint density at radius 3 is 3.09 bits per heavy atom. The van der Waals surface area contributed by atoms with Crippen LogP contribution in [0.15, 0.2) is 12.1 Å². The van der Waals surface area contributed by atoms with Gasteiger partial charge in [-0.15, -0.1) is 0 Å². The maximum atomic E-state index is 5.78. The lowest BCUT2D eigenvalue weighted by Crippen LogP contribution is -2.38. The fourth-order valence-corrected chi connectivity index (χ4v) is 3.66. The Labute approximate surface area is 140 Å². The molecule has 3 rings (SSSR count). The summed E-state index contributed by atoms with van der Waals surface area (Å²) in [6.07, 6.45) is 6.41. The summed E-state index contributed by atoms with van der Waals surface area (Å²) in [5.74, 6) is 1.77. The molecular weight excluding hydrogens is 288 g/mol. The third kappa shape index (κ3) is 4.11. The zero-order chi connectivity index (χ0) is 16.1. The van der Waals surface area contributed by atoms with Gasteiger partial charge in [-0.05, 0) is 70.3 Å². The van der Waals surface area contributed by atoms with Crippen molar-refractivity contribution in [3.8, 4) is 11.5 Å². The van der Waals surface area contributed by atoms with Crippen LogP contribution in [0.2, 0.25) is 0 Å². The average Bonchev–Trinajstić information content (AvgIpc) is 2.57. The molecule has 1 N–H and O–H groups in total. The molecule has 1 aromatic carbocycles. The summed E-state index contributed by atoms with van der Waals surface area (Å²) in [6.45, 7) is 9.10. The van der Waals surface area contributed by atoms with Crippen molar-refractivity contribution < 1.29 is 9.47 Å². The Morgan fingerprint density at radius 2 is 2.26 bits per heavy atom. The first-order valence-electron chi connectivity index (χ1n) is 9.18.